The Morgan fingerprint density at radius 1 is 1.13 bits per heavy atom. The van der Waals surface area contributed by atoms with Crippen molar-refractivity contribution < 1.29 is 32.7 Å². The topological polar surface area (TPSA) is 77.9 Å². The van der Waals surface area contributed by atoms with Crippen LogP contribution in [0.1, 0.15) is 63.1 Å². The number of carboxylic acids is 1. The first-order valence-electron chi connectivity index (χ1n) is 12.5. The molecule has 4 atom stereocenters. The van der Waals surface area contributed by atoms with E-state index in [0.717, 1.165) is 12.5 Å². The van der Waals surface area contributed by atoms with Crippen LogP contribution in [0.2, 0.25) is 10.0 Å². The number of hydrogen-bond acceptors (Lipinski definition) is 3. The number of hydrogen-bond donors (Lipinski definition) is 1. The predicted molar refractivity (Wildman–Crippen MR) is 143 cm³/mol. The molecule has 0 aromatic heterocycles. The molecule has 1 aliphatic heterocycles. The quantitative estimate of drug-likeness (QED) is 0.354. The summed E-state index contributed by atoms with van der Waals surface area (Å²) in [6, 6.07) is 12.3. The Labute approximate surface area is 235 Å². The van der Waals surface area contributed by atoms with E-state index in [4.69, 9.17) is 23.2 Å². The number of carbonyl (C=O) groups is 3. The number of piperidine rings is 1. The van der Waals surface area contributed by atoms with Crippen molar-refractivity contribution in [1.29, 1.82) is 0 Å². The lowest BCUT2D eigenvalue weighted by atomic mass is 9.67. The van der Waals surface area contributed by atoms with E-state index in [1.807, 2.05) is 6.07 Å². The van der Waals surface area contributed by atoms with Gasteiger partial charge < -0.3 is 14.9 Å². The molecule has 0 bridgehead atoms. The van der Waals surface area contributed by atoms with E-state index in [0.29, 0.717) is 20.5 Å². The fourth-order valence-corrected chi connectivity index (χ4v) is 5.79. The van der Waals surface area contributed by atoms with Crippen molar-refractivity contribution in [2.45, 2.75) is 64.2 Å². The Bertz CT molecular complexity index is 1210. The van der Waals surface area contributed by atoms with Crippen LogP contribution >= 0.6 is 23.2 Å². The van der Waals surface area contributed by atoms with Gasteiger partial charge in [-0.1, -0.05) is 61.3 Å². The summed E-state index contributed by atoms with van der Waals surface area (Å²) in [6.45, 7) is 2.51. The normalized spacial score (nSPS) is 22.5. The zero-order chi connectivity index (χ0) is 29.1. The lowest BCUT2D eigenvalue weighted by Gasteiger charge is -2.52. The van der Waals surface area contributed by atoms with Crippen LogP contribution in [-0.2, 0) is 14.4 Å². The third kappa shape index (κ3) is 7.45. The molecular weight excluding hydrogens is 556 g/mol. The lowest BCUT2D eigenvalue weighted by Crippen LogP contribution is -2.59. The highest BCUT2D eigenvalue weighted by molar-refractivity contribution is 6.30. The molecule has 212 valence electrons. The number of carboxylic acid groups (broad SMARTS) is 1. The van der Waals surface area contributed by atoms with Crippen LogP contribution in [0, 0.1) is 5.41 Å². The number of nitrogens with zero attached hydrogens (tertiary/aromatic N) is 2. The van der Waals surface area contributed by atoms with Crippen LogP contribution in [-0.4, -0.2) is 58.0 Å². The Morgan fingerprint density at radius 2 is 1.77 bits per heavy atom. The molecule has 1 N–H and O–H groups in total. The van der Waals surface area contributed by atoms with E-state index in [2.05, 4.69) is 0 Å². The van der Waals surface area contributed by atoms with E-state index in [9.17, 15) is 32.7 Å². The minimum absolute atomic E-state index is 0.164. The summed E-state index contributed by atoms with van der Waals surface area (Å²) >= 11 is 12.4. The molecule has 0 spiro atoms. The standard InChI is InChI=1S/C28H31Cl2F3N2O4/c1-4-22(15-34(17(2)36)16-28(31,32)33)35-25(18-8-10-20(29)11-9-18)23(19-6-5-7-21(30)12-19)13-27(3,26(35)39)14-24(37)38/h5-12,22-23,25H,4,13-16H2,1-3H3,(H,37,38). The first-order chi connectivity index (χ1) is 18.1. The summed E-state index contributed by atoms with van der Waals surface area (Å²) in [7, 11) is 0. The van der Waals surface area contributed by atoms with E-state index in [1.165, 1.54) is 4.90 Å². The first-order valence-corrected chi connectivity index (χ1v) is 13.3. The highest BCUT2D eigenvalue weighted by Gasteiger charge is 2.52. The van der Waals surface area contributed by atoms with Gasteiger partial charge in [0.15, 0.2) is 0 Å². The molecule has 0 aliphatic carbocycles. The van der Waals surface area contributed by atoms with Gasteiger partial charge in [0, 0.05) is 35.5 Å². The van der Waals surface area contributed by atoms with Gasteiger partial charge in [0.2, 0.25) is 11.8 Å². The highest BCUT2D eigenvalue weighted by atomic mass is 35.5. The molecule has 3 rings (SSSR count). The number of likely N-dealkylation sites (tertiary alicyclic amines) is 1. The van der Waals surface area contributed by atoms with Crippen molar-refractivity contribution >= 4 is 41.0 Å². The maximum atomic E-state index is 14.2. The number of rotatable bonds is 9. The summed E-state index contributed by atoms with van der Waals surface area (Å²) in [6.07, 6.45) is -4.71. The molecule has 6 nitrogen and oxygen atoms in total. The minimum Gasteiger partial charge on any atom is -0.481 e. The Hall–Kier alpha value is -2.78. The van der Waals surface area contributed by atoms with Crippen molar-refractivity contribution in [3.05, 3.63) is 69.7 Å². The molecule has 0 radical (unpaired) electrons. The van der Waals surface area contributed by atoms with E-state index < -0.39 is 60.3 Å². The largest absolute Gasteiger partial charge is 0.481 e. The Kier molecular flexibility index (Phi) is 9.60. The molecule has 1 aliphatic rings. The number of alkyl halides is 3. The van der Waals surface area contributed by atoms with Crippen molar-refractivity contribution in [2.75, 3.05) is 13.1 Å². The first kappa shape index (κ1) is 30.8. The second-order valence-corrected chi connectivity index (χ2v) is 11.2. The van der Waals surface area contributed by atoms with Gasteiger partial charge >= 0.3 is 12.1 Å². The van der Waals surface area contributed by atoms with E-state index in [-0.39, 0.29) is 19.4 Å². The van der Waals surface area contributed by atoms with Gasteiger partial charge in [-0.3, -0.25) is 14.4 Å². The Balaban J connectivity index is 2.22. The van der Waals surface area contributed by atoms with E-state index >= 15 is 0 Å². The number of benzene rings is 2. The van der Waals surface area contributed by atoms with Crippen LogP contribution in [0.25, 0.3) is 0 Å². The number of amides is 2. The lowest BCUT2D eigenvalue weighted by molar-refractivity contribution is -0.168. The predicted octanol–water partition coefficient (Wildman–Crippen LogP) is 6.72. The minimum atomic E-state index is -4.63. The molecule has 2 aromatic carbocycles. The second kappa shape index (κ2) is 12.2. The molecule has 11 heteroatoms. The molecule has 1 heterocycles. The third-order valence-electron chi connectivity index (χ3n) is 7.24. The summed E-state index contributed by atoms with van der Waals surface area (Å²) in [5.74, 6) is -2.89. The summed E-state index contributed by atoms with van der Waals surface area (Å²) in [4.78, 5) is 40.5. The monoisotopic (exact) mass is 586 g/mol. The smallest absolute Gasteiger partial charge is 0.406 e. The van der Waals surface area contributed by atoms with Crippen LogP contribution in [0.3, 0.4) is 0 Å². The van der Waals surface area contributed by atoms with Crippen LogP contribution < -0.4 is 0 Å². The molecule has 39 heavy (non-hydrogen) atoms. The van der Waals surface area contributed by atoms with Gasteiger partial charge in [0.25, 0.3) is 0 Å². The third-order valence-corrected chi connectivity index (χ3v) is 7.73. The van der Waals surface area contributed by atoms with Gasteiger partial charge in [0.1, 0.15) is 6.54 Å². The average molecular weight is 587 g/mol. The fraction of sp³-hybridized carbons (Fsp3) is 0.464. The van der Waals surface area contributed by atoms with Crippen molar-refractivity contribution in [3.8, 4) is 0 Å². The molecule has 2 amide bonds. The molecule has 1 saturated heterocycles. The van der Waals surface area contributed by atoms with Gasteiger partial charge in [0.05, 0.1) is 17.9 Å². The Morgan fingerprint density at radius 3 is 2.28 bits per heavy atom. The van der Waals surface area contributed by atoms with Crippen LogP contribution in [0.4, 0.5) is 13.2 Å². The summed E-state index contributed by atoms with van der Waals surface area (Å²) in [5, 5.41) is 10.6. The van der Waals surface area contributed by atoms with Crippen molar-refractivity contribution in [3.63, 3.8) is 0 Å². The summed E-state index contributed by atoms with van der Waals surface area (Å²) < 4.78 is 40.0. The highest BCUT2D eigenvalue weighted by Crippen LogP contribution is 2.52. The SMILES string of the molecule is CCC(CN(CC(F)(F)F)C(C)=O)N1C(=O)C(C)(CC(=O)O)CC(c2cccc(Cl)c2)C1c1ccc(Cl)cc1. The zero-order valence-electron chi connectivity index (χ0n) is 21.8. The van der Waals surface area contributed by atoms with Gasteiger partial charge in [-0.05, 0) is 48.2 Å². The van der Waals surface area contributed by atoms with Gasteiger partial charge in [-0.15, -0.1) is 0 Å². The van der Waals surface area contributed by atoms with Crippen LogP contribution in [0.15, 0.2) is 48.5 Å². The molecule has 4 unspecified atom stereocenters. The maximum absolute atomic E-state index is 14.2. The van der Waals surface area contributed by atoms with Gasteiger partial charge in [-0.25, -0.2) is 0 Å². The zero-order valence-corrected chi connectivity index (χ0v) is 23.4. The number of halogens is 5. The number of aliphatic carboxylic acids is 1. The van der Waals surface area contributed by atoms with E-state index in [1.54, 1.807) is 56.3 Å². The molecule has 0 saturated carbocycles. The van der Waals surface area contributed by atoms with Crippen molar-refractivity contribution in [1.82, 2.24) is 9.80 Å². The van der Waals surface area contributed by atoms with Crippen LogP contribution in [0.5, 0.6) is 0 Å². The molecular formula is C28H31Cl2F3N2O4. The second-order valence-electron chi connectivity index (χ2n) is 10.3. The number of carbonyl (C=O) groups excluding carboxylic acids is 2. The van der Waals surface area contributed by atoms with Gasteiger partial charge in [-0.2, -0.15) is 13.2 Å². The summed E-state index contributed by atoms with van der Waals surface area (Å²) in [5.41, 5.74) is 0.0733. The average Bonchev–Trinajstić information content (AvgIpc) is 2.83. The fourth-order valence-electron chi connectivity index (χ4n) is 5.47. The molecule has 1 fully saturated rings. The van der Waals surface area contributed by atoms with Crippen molar-refractivity contribution in [2.24, 2.45) is 5.41 Å². The maximum Gasteiger partial charge on any atom is 0.406 e. The molecule has 2 aromatic rings.